The van der Waals surface area contributed by atoms with Crippen LogP contribution in [0.3, 0.4) is 0 Å². The fraction of sp³-hybridized carbons (Fsp3) is 0.111. The first kappa shape index (κ1) is 14.0. The average Bonchev–Trinajstić information content (AvgIpc) is 3.23. The summed E-state index contributed by atoms with van der Waals surface area (Å²) in [5, 5.41) is 4.11. The number of nitrogens with one attached hydrogen (secondary N) is 1. The Morgan fingerprint density at radius 3 is 2.57 bits per heavy atom. The first-order valence-electron chi connectivity index (χ1n) is 7.37. The Labute approximate surface area is 138 Å². The molecule has 4 rings (SSSR count). The zero-order valence-corrected chi connectivity index (χ0v) is 13.8. The summed E-state index contributed by atoms with van der Waals surface area (Å²) in [6.45, 7) is 0. The second kappa shape index (κ2) is 5.52. The number of H-pyrrole nitrogens is 1. The zero-order valence-electron chi connectivity index (χ0n) is 12.9. The van der Waals surface area contributed by atoms with Gasteiger partial charge in [0.2, 0.25) is 0 Å². The van der Waals surface area contributed by atoms with E-state index in [4.69, 9.17) is 0 Å². The summed E-state index contributed by atoms with van der Waals surface area (Å²) in [5.74, 6) is 0. The normalized spacial score (nSPS) is 11.0. The fourth-order valence-electron chi connectivity index (χ4n) is 2.65. The first-order valence-corrected chi connectivity index (χ1v) is 8.25. The van der Waals surface area contributed by atoms with E-state index in [2.05, 4.69) is 50.2 Å². The van der Waals surface area contributed by atoms with E-state index in [-0.39, 0.29) is 0 Å². The molecule has 4 aromatic rings. The number of anilines is 1. The molecule has 0 fully saturated rings. The molecule has 0 bridgehead atoms. The molecular formula is C18H16N4S. The molecule has 0 atom stereocenters. The van der Waals surface area contributed by atoms with Gasteiger partial charge in [0.1, 0.15) is 10.7 Å². The summed E-state index contributed by atoms with van der Waals surface area (Å²) in [7, 11) is 4.09. The van der Waals surface area contributed by atoms with E-state index in [1.54, 1.807) is 11.3 Å². The van der Waals surface area contributed by atoms with Crippen LogP contribution in [0.1, 0.15) is 0 Å². The largest absolute Gasteiger partial charge is 0.378 e. The zero-order chi connectivity index (χ0) is 15.8. The van der Waals surface area contributed by atoms with Crippen LogP contribution in [0, 0.1) is 0 Å². The molecule has 0 aliphatic heterocycles. The fourth-order valence-corrected chi connectivity index (χ4v) is 3.31. The van der Waals surface area contributed by atoms with Crippen LogP contribution in [0.25, 0.3) is 32.7 Å². The van der Waals surface area contributed by atoms with Crippen molar-refractivity contribution < 1.29 is 0 Å². The Kier molecular flexibility index (Phi) is 3.35. The molecule has 0 amide bonds. The lowest BCUT2D eigenvalue weighted by molar-refractivity contribution is 1.13. The predicted octanol–water partition coefficient (Wildman–Crippen LogP) is 4.42. The minimum Gasteiger partial charge on any atom is -0.378 e. The Hall–Kier alpha value is -2.66. The maximum Gasteiger partial charge on any atom is 0.137 e. The maximum absolute atomic E-state index is 4.56. The van der Waals surface area contributed by atoms with Crippen molar-refractivity contribution in [1.82, 2.24) is 15.0 Å². The highest BCUT2D eigenvalue weighted by molar-refractivity contribution is 7.13. The van der Waals surface area contributed by atoms with Crippen LogP contribution >= 0.6 is 11.3 Å². The van der Waals surface area contributed by atoms with Gasteiger partial charge in [-0.3, -0.25) is 0 Å². The SMILES string of the molecule is CN(C)c1ccc(-c2cnc3[nH]cc(-c4nccs4)c3c2)cc1. The van der Waals surface area contributed by atoms with Crippen molar-refractivity contribution in [2.24, 2.45) is 0 Å². The number of aromatic nitrogens is 3. The lowest BCUT2D eigenvalue weighted by Crippen LogP contribution is -2.07. The lowest BCUT2D eigenvalue weighted by Gasteiger charge is -2.12. The van der Waals surface area contributed by atoms with Gasteiger partial charge in [0.15, 0.2) is 0 Å². The predicted molar refractivity (Wildman–Crippen MR) is 97.0 cm³/mol. The van der Waals surface area contributed by atoms with Crippen LogP contribution in [0.5, 0.6) is 0 Å². The quantitative estimate of drug-likeness (QED) is 0.608. The molecule has 1 N–H and O–H groups in total. The molecule has 4 nitrogen and oxygen atoms in total. The second-order valence-corrected chi connectivity index (χ2v) is 6.50. The second-order valence-electron chi connectivity index (χ2n) is 5.60. The van der Waals surface area contributed by atoms with Crippen molar-refractivity contribution in [3.05, 3.63) is 54.3 Å². The number of fused-ring (bicyclic) bond motifs is 1. The molecule has 114 valence electrons. The van der Waals surface area contributed by atoms with Gasteiger partial charge in [-0.2, -0.15) is 0 Å². The molecule has 0 spiro atoms. The van der Waals surface area contributed by atoms with Crippen molar-refractivity contribution in [2.75, 3.05) is 19.0 Å². The van der Waals surface area contributed by atoms with E-state index in [0.29, 0.717) is 0 Å². The number of thiazole rings is 1. The molecule has 5 heteroatoms. The Morgan fingerprint density at radius 2 is 1.87 bits per heavy atom. The number of nitrogens with zero attached hydrogens (tertiary/aromatic N) is 3. The molecule has 0 aliphatic rings. The van der Waals surface area contributed by atoms with Crippen LogP contribution in [-0.4, -0.2) is 29.0 Å². The molecule has 0 saturated carbocycles. The third-order valence-electron chi connectivity index (χ3n) is 3.91. The van der Waals surface area contributed by atoms with Gasteiger partial charge in [-0.05, 0) is 23.8 Å². The van der Waals surface area contributed by atoms with E-state index in [1.165, 1.54) is 5.69 Å². The van der Waals surface area contributed by atoms with Gasteiger partial charge < -0.3 is 9.88 Å². The van der Waals surface area contributed by atoms with Crippen LogP contribution in [-0.2, 0) is 0 Å². The average molecular weight is 320 g/mol. The highest BCUT2D eigenvalue weighted by Gasteiger charge is 2.10. The van der Waals surface area contributed by atoms with Gasteiger partial charge >= 0.3 is 0 Å². The van der Waals surface area contributed by atoms with Crippen LogP contribution < -0.4 is 4.90 Å². The number of pyridine rings is 1. The molecule has 0 saturated heterocycles. The number of benzene rings is 1. The lowest BCUT2D eigenvalue weighted by atomic mass is 10.1. The minimum absolute atomic E-state index is 0.892. The molecule has 1 aromatic carbocycles. The van der Waals surface area contributed by atoms with Gasteiger partial charge in [-0.15, -0.1) is 11.3 Å². The Balaban J connectivity index is 1.80. The van der Waals surface area contributed by atoms with Gasteiger partial charge in [0.25, 0.3) is 0 Å². The summed E-state index contributed by atoms with van der Waals surface area (Å²) in [4.78, 5) is 14.3. The summed E-state index contributed by atoms with van der Waals surface area (Å²) < 4.78 is 0. The van der Waals surface area contributed by atoms with Gasteiger partial charge in [-0.1, -0.05) is 12.1 Å². The Bertz CT molecular complexity index is 937. The smallest absolute Gasteiger partial charge is 0.137 e. The van der Waals surface area contributed by atoms with Gasteiger partial charge in [0, 0.05) is 60.3 Å². The minimum atomic E-state index is 0.892. The number of aromatic amines is 1. The molecule has 3 heterocycles. The van der Waals surface area contributed by atoms with Crippen LogP contribution in [0.15, 0.2) is 54.3 Å². The standard InChI is InChI=1S/C18H16N4S/c1-22(2)14-5-3-12(4-6-14)13-9-15-16(18-19-7-8-23-18)11-21-17(15)20-10-13/h3-11H,1-2H3,(H,20,21). The van der Waals surface area contributed by atoms with Crippen LogP contribution in [0.4, 0.5) is 5.69 Å². The monoisotopic (exact) mass is 320 g/mol. The van der Waals surface area contributed by atoms with E-state index >= 15 is 0 Å². The third kappa shape index (κ3) is 2.49. The number of hydrogen-bond acceptors (Lipinski definition) is 4. The van der Waals surface area contributed by atoms with Crippen LogP contribution in [0.2, 0.25) is 0 Å². The van der Waals surface area contributed by atoms with E-state index in [1.807, 2.05) is 38.1 Å². The molecule has 3 aromatic heterocycles. The molecule has 0 radical (unpaired) electrons. The highest BCUT2D eigenvalue weighted by atomic mass is 32.1. The van der Waals surface area contributed by atoms with Crippen molar-refractivity contribution in [3.63, 3.8) is 0 Å². The summed E-state index contributed by atoms with van der Waals surface area (Å²) in [6.07, 6.45) is 5.72. The van der Waals surface area contributed by atoms with Crippen molar-refractivity contribution >= 4 is 28.1 Å². The van der Waals surface area contributed by atoms with Gasteiger partial charge in [0.05, 0.1) is 0 Å². The Morgan fingerprint density at radius 1 is 1.04 bits per heavy atom. The molecule has 23 heavy (non-hydrogen) atoms. The summed E-state index contributed by atoms with van der Waals surface area (Å²) in [6, 6.07) is 10.7. The number of hydrogen-bond donors (Lipinski definition) is 1. The highest BCUT2D eigenvalue weighted by Crippen LogP contribution is 2.32. The molecule has 0 unspecified atom stereocenters. The van der Waals surface area contributed by atoms with Crippen molar-refractivity contribution in [2.45, 2.75) is 0 Å². The van der Waals surface area contributed by atoms with E-state index in [9.17, 15) is 0 Å². The number of rotatable bonds is 3. The summed E-state index contributed by atoms with van der Waals surface area (Å²) >= 11 is 1.64. The topological polar surface area (TPSA) is 44.8 Å². The summed E-state index contributed by atoms with van der Waals surface area (Å²) in [5.41, 5.74) is 5.46. The van der Waals surface area contributed by atoms with Crippen molar-refractivity contribution in [3.8, 4) is 21.7 Å². The van der Waals surface area contributed by atoms with Gasteiger partial charge in [-0.25, -0.2) is 9.97 Å². The van der Waals surface area contributed by atoms with E-state index < -0.39 is 0 Å². The van der Waals surface area contributed by atoms with Crippen molar-refractivity contribution in [1.29, 1.82) is 0 Å². The first-order chi connectivity index (χ1) is 11.2. The molecular weight excluding hydrogens is 304 g/mol. The maximum atomic E-state index is 4.56. The van der Waals surface area contributed by atoms with E-state index in [0.717, 1.165) is 32.7 Å². The molecule has 0 aliphatic carbocycles. The third-order valence-corrected chi connectivity index (χ3v) is 4.72.